The van der Waals surface area contributed by atoms with Crippen molar-refractivity contribution in [2.75, 3.05) is 13.1 Å². The van der Waals surface area contributed by atoms with Gasteiger partial charge in [0.1, 0.15) is 5.82 Å². The minimum atomic E-state index is -0.0792. The summed E-state index contributed by atoms with van der Waals surface area (Å²) >= 11 is 3.31. The van der Waals surface area contributed by atoms with Crippen LogP contribution >= 0.6 is 15.9 Å². The highest BCUT2D eigenvalue weighted by atomic mass is 79.9. The van der Waals surface area contributed by atoms with Crippen LogP contribution in [0.5, 0.6) is 0 Å². The van der Waals surface area contributed by atoms with Crippen LogP contribution in [0.25, 0.3) is 0 Å². The quantitative estimate of drug-likeness (QED) is 0.808. The standard InChI is InChI=1S/C16H23BrFN/c1-12(2)10-19-11-16(6-3-7-16)9-13-4-5-14(17)8-15(13)18/h4-5,8,12,19H,3,6-7,9-11H2,1-2H3. The lowest BCUT2D eigenvalue weighted by Gasteiger charge is -2.42. The maximum Gasteiger partial charge on any atom is 0.127 e. The maximum absolute atomic E-state index is 13.9. The SMILES string of the molecule is CC(C)CNCC1(Cc2ccc(Br)cc2F)CCC1. The van der Waals surface area contributed by atoms with Gasteiger partial charge in [-0.15, -0.1) is 0 Å². The van der Waals surface area contributed by atoms with Gasteiger partial charge in [-0.1, -0.05) is 42.3 Å². The van der Waals surface area contributed by atoms with Gasteiger partial charge >= 0.3 is 0 Å². The fraction of sp³-hybridized carbons (Fsp3) is 0.625. The number of benzene rings is 1. The van der Waals surface area contributed by atoms with Gasteiger partial charge in [0.05, 0.1) is 0 Å². The highest BCUT2D eigenvalue weighted by molar-refractivity contribution is 9.10. The second-order valence-electron chi connectivity index (χ2n) is 6.29. The van der Waals surface area contributed by atoms with Crippen molar-refractivity contribution in [3.8, 4) is 0 Å². The molecule has 0 aromatic heterocycles. The fourth-order valence-electron chi connectivity index (χ4n) is 2.79. The summed E-state index contributed by atoms with van der Waals surface area (Å²) in [4.78, 5) is 0. The molecule has 2 rings (SSSR count). The van der Waals surface area contributed by atoms with Crippen molar-refractivity contribution in [2.45, 2.75) is 39.5 Å². The summed E-state index contributed by atoms with van der Waals surface area (Å²) in [6.45, 7) is 6.49. The van der Waals surface area contributed by atoms with E-state index in [2.05, 4.69) is 35.1 Å². The second-order valence-corrected chi connectivity index (χ2v) is 7.21. The lowest BCUT2D eigenvalue weighted by molar-refractivity contribution is 0.127. The van der Waals surface area contributed by atoms with Crippen LogP contribution in [0, 0.1) is 17.2 Å². The molecule has 0 bridgehead atoms. The Hall–Kier alpha value is -0.410. The smallest absolute Gasteiger partial charge is 0.127 e. The molecule has 1 N–H and O–H groups in total. The van der Waals surface area contributed by atoms with E-state index < -0.39 is 0 Å². The number of hydrogen-bond donors (Lipinski definition) is 1. The Balaban J connectivity index is 1.98. The van der Waals surface area contributed by atoms with Crippen LogP contribution < -0.4 is 5.32 Å². The van der Waals surface area contributed by atoms with Gasteiger partial charge in [-0.05, 0) is 54.8 Å². The minimum Gasteiger partial charge on any atom is -0.316 e. The fourth-order valence-corrected chi connectivity index (χ4v) is 3.12. The molecule has 1 aliphatic rings. The van der Waals surface area contributed by atoms with Gasteiger partial charge in [-0.3, -0.25) is 0 Å². The van der Waals surface area contributed by atoms with E-state index in [0.717, 1.165) is 29.5 Å². The Morgan fingerprint density at radius 1 is 1.37 bits per heavy atom. The Labute approximate surface area is 124 Å². The third-order valence-corrected chi connectivity index (χ3v) is 4.54. The van der Waals surface area contributed by atoms with Crippen LogP contribution in [-0.4, -0.2) is 13.1 Å². The first-order valence-corrected chi connectivity index (χ1v) is 7.95. The van der Waals surface area contributed by atoms with Gasteiger partial charge in [-0.2, -0.15) is 0 Å². The molecule has 1 fully saturated rings. The van der Waals surface area contributed by atoms with Gasteiger partial charge in [-0.25, -0.2) is 4.39 Å². The van der Waals surface area contributed by atoms with Crippen molar-refractivity contribution in [1.82, 2.24) is 5.32 Å². The van der Waals surface area contributed by atoms with Crippen LogP contribution in [0.4, 0.5) is 4.39 Å². The summed E-state index contributed by atoms with van der Waals surface area (Å²) in [5.41, 5.74) is 1.14. The molecule has 0 saturated heterocycles. The molecule has 0 atom stereocenters. The van der Waals surface area contributed by atoms with E-state index in [1.165, 1.54) is 19.3 Å². The Kier molecular flexibility index (Phi) is 5.02. The molecule has 0 heterocycles. The summed E-state index contributed by atoms with van der Waals surface area (Å²) < 4.78 is 14.8. The zero-order valence-corrected chi connectivity index (χ0v) is 13.4. The monoisotopic (exact) mass is 327 g/mol. The van der Waals surface area contributed by atoms with Crippen molar-refractivity contribution in [3.05, 3.63) is 34.1 Å². The first-order chi connectivity index (χ1) is 9.01. The topological polar surface area (TPSA) is 12.0 Å². The van der Waals surface area contributed by atoms with Crippen LogP contribution in [0.1, 0.15) is 38.7 Å². The zero-order chi connectivity index (χ0) is 13.9. The predicted octanol–water partition coefficient (Wildman–Crippen LogP) is 4.55. The second kappa shape index (κ2) is 6.36. The average molecular weight is 328 g/mol. The largest absolute Gasteiger partial charge is 0.316 e. The van der Waals surface area contributed by atoms with Crippen molar-refractivity contribution in [3.63, 3.8) is 0 Å². The summed E-state index contributed by atoms with van der Waals surface area (Å²) in [7, 11) is 0. The first-order valence-electron chi connectivity index (χ1n) is 7.15. The average Bonchev–Trinajstić information content (AvgIpc) is 2.28. The van der Waals surface area contributed by atoms with Gasteiger partial charge in [0, 0.05) is 11.0 Å². The van der Waals surface area contributed by atoms with Gasteiger partial charge in [0.25, 0.3) is 0 Å². The maximum atomic E-state index is 13.9. The first kappa shape index (κ1) is 15.0. The van der Waals surface area contributed by atoms with E-state index in [9.17, 15) is 4.39 Å². The molecule has 1 aliphatic carbocycles. The molecule has 1 nitrogen and oxygen atoms in total. The van der Waals surface area contributed by atoms with Gasteiger partial charge < -0.3 is 5.32 Å². The molecule has 0 aliphatic heterocycles. The molecule has 0 radical (unpaired) electrons. The Morgan fingerprint density at radius 2 is 2.11 bits per heavy atom. The van der Waals surface area contributed by atoms with Crippen molar-refractivity contribution >= 4 is 15.9 Å². The molecule has 19 heavy (non-hydrogen) atoms. The van der Waals surface area contributed by atoms with Crippen molar-refractivity contribution in [1.29, 1.82) is 0 Å². The van der Waals surface area contributed by atoms with Crippen LogP contribution in [0.3, 0.4) is 0 Å². The molecular weight excluding hydrogens is 305 g/mol. The number of halogens is 2. The third kappa shape index (κ3) is 4.03. The van der Waals surface area contributed by atoms with Crippen LogP contribution in [0.15, 0.2) is 22.7 Å². The Morgan fingerprint density at radius 3 is 2.63 bits per heavy atom. The van der Waals surface area contributed by atoms with E-state index in [1.807, 2.05) is 12.1 Å². The summed E-state index contributed by atoms with van der Waals surface area (Å²) in [6.07, 6.45) is 4.57. The van der Waals surface area contributed by atoms with E-state index in [0.29, 0.717) is 5.92 Å². The molecule has 3 heteroatoms. The van der Waals surface area contributed by atoms with E-state index in [-0.39, 0.29) is 11.2 Å². The van der Waals surface area contributed by atoms with Gasteiger partial charge in [0.2, 0.25) is 0 Å². The van der Waals surface area contributed by atoms with Crippen LogP contribution in [0.2, 0.25) is 0 Å². The van der Waals surface area contributed by atoms with E-state index in [1.54, 1.807) is 6.07 Å². The molecule has 1 aromatic rings. The summed E-state index contributed by atoms with van der Waals surface area (Å²) in [5, 5.41) is 3.55. The highest BCUT2D eigenvalue weighted by Crippen LogP contribution is 2.43. The molecule has 1 saturated carbocycles. The van der Waals surface area contributed by atoms with Crippen molar-refractivity contribution < 1.29 is 4.39 Å². The van der Waals surface area contributed by atoms with Crippen molar-refractivity contribution in [2.24, 2.45) is 11.3 Å². The summed E-state index contributed by atoms with van der Waals surface area (Å²) in [5.74, 6) is 0.589. The number of rotatable bonds is 6. The third-order valence-electron chi connectivity index (χ3n) is 4.05. The minimum absolute atomic E-state index is 0.0792. The normalized spacial score (nSPS) is 17.5. The molecule has 1 aromatic carbocycles. The van der Waals surface area contributed by atoms with Crippen LogP contribution in [-0.2, 0) is 6.42 Å². The van der Waals surface area contributed by atoms with E-state index >= 15 is 0 Å². The number of hydrogen-bond acceptors (Lipinski definition) is 1. The molecular formula is C16H23BrFN. The summed E-state index contributed by atoms with van der Waals surface area (Å²) in [6, 6.07) is 5.43. The Bertz CT molecular complexity index is 427. The molecule has 106 valence electrons. The lowest BCUT2D eigenvalue weighted by atomic mass is 9.65. The molecule has 0 spiro atoms. The predicted molar refractivity (Wildman–Crippen MR) is 81.8 cm³/mol. The highest BCUT2D eigenvalue weighted by Gasteiger charge is 2.37. The van der Waals surface area contributed by atoms with Gasteiger partial charge in [0.15, 0.2) is 0 Å². The number of nitrogens with one attached hydrogen (secondary N) is 1. The zero-order valence-electron chi connectivity index (χ0n) is 11.8. The molecule has 0 unspecified atom stereocenters. The lowest BCUT2D eigenvalue weighted by Crippen LogP contribution is -2.42. The van der Waals surface area contributed by atoms with E-state index in [4.69, 9.17) is 0 Å². The molecule has 0 amide bonds.